The van der Waals surface area contributed by atoms with Crippen LogP contribution in [0.1, 0.15) is 27.9 Å². The van der Waals surface area contributed by atoms with Crippen molar-refractivity contribution in [2.24, 2.45) is 0 Å². The van der Waals surface area contributed by atoms with Gasteiger partial charge in [0.05, 0.1) is 21.7 Å². The molecule has 3 heterocycles. The van der Waals surface area contributed by atoms with Crippen molar-refractivity contribution in [1.29, 1.82) is 5.26 Å². The average Bonchev–Trinajstić information content (AvgIpc) is 2.96. The smallest absolute Gasteiger partial charge is 0.244 e. The largest absolute Gasteiger partial charge is 0.438 e. The van der Waals surface area contributed by atoms with Gasteiger partial charge in [-0.05, 0) is 41.8 Å². The highest BCUT2D eigenvalue weighted by atomic mass is 32.2. The number of nitriles is 1. The molecule has 0 saturated carbocycles. The molecule has 2 aliphatic rings. The number of fused-ring (bicyclic) bond motifs is 2. The van der Waals surface area contributed by atoms with Crippen LogP contribution in [0.2, 0.25) is 0 Å². The lowest BCUT2D eigenvalue weighted by Crippen LogP contribution is -2.38. The standard InChI is InChI=1S/C29H24FN5O3S/c30-23-9-5-10-24(16-23)38-28-25-19-35(39(36,37)27-11-4-3-7-21(27)17-31)15-13-26(25)32-29(33-28)34-14-12-20-6-1-2-8-22(20)18-34/h1-11,16H,12-15,18-19H2. The zero-order chi connectivity index (χ0) is 27.0. The maximum Gasteiger partial charge on any atom is 0.244 e. The second-order valence-corrected chi connectivity index (χ2v) is 11.4. The Morgan fingerprint density at radius 2 is 1.69 bits per heavy atom. The summed E-state index contributed by atoms with van der Waals surface area (Å²) in [6.45, 7) is 1.51. The Labute approximate surface area is 226 Å². The molecule has 3 aromatic carbocycles. The molecule has 0 N–H and O–H groups in total. The van der Waals surface area contributed by atoms with E-state index in [1.165, 1.54) is 45.8 Å². The number of hydrogen-bond donors (Lipinski definition) is 0. The normalized spacial score (nSPS) is 15.2. The van der Waals surface area contributed by atoms with Crippen LogP contribution in [-0.2, 0) is 36.0 Å². The Kier molecular flexibility index (Phi) is 6.46. The average molecular weight is 542 g/mol. The number of hydrogen-bond acceptors (Lipinski definition) is 7. The molecule has 6 rings (SSSR count). The van der Waals surface area contributed by atoms with Gasteiger partial charge in [0.2, 0.25) is 21.9 Å². The molecule has 1 aromatic heterocycles. The zero-order valence-corrected chi connectivity index (χ0v) is 21.7. The molecule has 0 saturated heterocycles. The van der Waals surface area contributed by atoms with E-state index in [1.54, 1.807) is 18.2 Å². The molecule has 0 aliphatic carbocycles. The number of ether oxygens (including phenoxy) is 1. The van der Waals surface area contributed by atoms with Crippen molar-refractivity contribution in [1.82, 2.24) is 14.3 Å². The predicted octanol–water partition coefficient (Wildman–Crippen LogP) is 4.59. The molecule has 2 aliphatic heterocycles. The van der Waals surface area contributed by atoms with E-state index < -0.39 is 15.8 Å². The van der Waals surface area contributed by atoms with Crippen LogP contribution < -0.4 is 9.64 Å². The molecular weight excluding hydrogens is 517 g/mol. The van der Waals surface area contributed by atoms with Crippen LogP contribution in [0.5, 0.6) is 11.6 Å². The third-order valence-corrected chi connectivity index (χ3v) is 8.93. The number of halogens is 1. The minimum Gasteiger partial charge on any atom is -0.438 e. The molecule has 8 nitrogen and oxygen atoms in total. The predicted molar refractivity (Wildman–Crippen MR) is 142 cm³/mol. The minimum absolute atomic E-state index is 0.0365. The summed E-state index contributed by atoms with van der Waals surface area (Å²) >= 11 is 0. The summed E-state index contributed by atoms with van der Waals surface area (Å²) in [5, 5.41) is 9.48. The second kappa shape index (κ2) is 10.1. The molecule has 39 heavy (non-hydrogen) atoms. The lowest BCUT2D eigenvalue weighted by molar-refractivity contribution is 0.368. The Bertz CT molecular complexity index is 1720. The Morgan fingerprint density at radius 3 is 2.51 bits per heavy atom. The van der Waals surface area contributed by atoms with E-state index in [-0.39, 0.29) is 35.2 Å². The third-order valence-electron chi connectivity index (χ3n) is 7.02. The molecular formula is C29H24FN5O3S. The number of sulfonamides is 1. The summed E-state index contributed by atoms with van der Waals surface area (Å²) in [6, 6.07) is 22.1. The molecule has 4 aromatic rings. The van der Waals surface area contributed by atoms with Crippen LogP contribution in [0, 0.1) is 17.1 Å². The van der Waals surface area contributed by atoms with Gasteiger partial charge in [0.25, 0.3) is 0 Å². The zero-order valence-electron chi connectivity index (χ0n) is 20.9. The van der Waals surface area contributed by atoms with Crippen molar-refractivity contribution in [3.8, 4) is 17.7 Å². The first-order chi connectivity index (χ1) is 18.9. The van der Waals surface area contributed by atoms with E-state index in [4.69, 9.17) is 14.7 Å². The van der Waals surface area contributed by atoms with Crippen LogP contribution in [-0.4, -0.2) is 35.8 Å². The van der Waals surface area contributed by atoms with Crippen molar-refractivity contribution in [2.45, 2.75) is 30.8 Å². The Hall–Kier alpha value is -4.33. The molecule has 0 radical (unpaired) electrons. The van der Waals surface area contributed by atoms with Gasteiger partial charge in [-0.25, -0.2) is 17.8 Å². The third kappa shape index (κ3) is 4.82. The summed E-state index contributed by atoms with van der Waals surface area (Å²) in [4.78, 5) is 11.6. The summed E-state index contributed by atoms with van der Waals surface area (Å²) in [6.07, 6.45) is 1.18. The number of nitrogens with zero attached hydrogens (tertiary/aromatic N) is 5. The second-order valence-electron chi connectivity index (χ2n) is 9.45. The van der Waals surface area contributed by atoms with Gasteiger partial charge in [0, 0.05) is 38.7 Å². The fraction of sp³-hybridized carbons (Fsp3) is 0.207. The maximum atomic E-state index is 14.0. The van der Waals surface area contributed by atoms with E-state index in [0.717, 1.165) is 13.0 Å². The number of anilines is 1. The van der Waals surface area contributed by atoms with Crippen LogP contribution in [0.15, 0.2) is 77.7 Å². The minimum atomic E-state index is -3.98. The van der Waals surface area contributed by atoms with Gasteiger partial charge in [-0.15, -0.1) is 0 Å². The van der Waals surface area contributed by atoms with E-state index in [0.29, 0.717) is 30.2 Å². The van der Waals surface area contributed by atoms with Gasteiger partial charge in [-0.2, -0.15) is 14.6 Å². The molecule has 0 fully saturated rings. The lowest BCUT2D eigenvalue weighted by atomic mass is 10.0. The monoisotopic (exact) mass is 541 g/mol. The molecule has 10 heteroatoms. The fourth-order valence-electron chi connectivity index (χ4n) is 5.01. The summed E-state index contributed by atoms with van der Waals surface area (Å²) in [5.74, 6) is 0.468. The number of benzene rings is 3. The molecule has 196 valence electrons. The van der Waals surface area contributed by atoms with Gasteiger partial charge in [-0.3, -0.25) is 0 Å². The van der Waals surface area contributed by atoms with E-state index in [1.807, 2.05) is 18.2 Å². The fourth-order valence-corrected chi connectivity index (χ4v) is 6.56. The van der Waals surface area contributed by atoms with Crippen molar-refractivity contribution >= 4 is 16.0 Å². The number of rotatable bonds is 5. The summed E-state index contributed by atoms with van der Waals surface area (Å²) in [5.41, 5.74) is 3.78. The van der Waals surface area contributed by atoms with Gasteiger partial charge < -0.3 is 9.64 Å². The molecule has 0 unspecified atom stereocenters. The van der Waals surface area contributed by atoms with Crippen LogP contribution in [0.4, 0.5) is 10.3 Å². The van der Waals surface area contributed by atoms with Crippen LogP contribution in [0.25, 0.3) is 0 Å². The topological polar surface area (TPSA) is 99.4 Å². The highest BCUT2D eigenvalue weighted by Gasteiger charge is 2.34. The molecule has 0 spiro atoms. The number of aromatic nitrogens is 2. The summed E-state index contributed by atoms with van der Waals surface area (Å²) < 4.78 is 48.5. The Balaban J connectivity index is 1.39. The SMILES string of the molecule is N#Cc1ccccc1S(=O)(=O)N1CCc2nc(N3CCc4ccccc4C3)nc(Oc3cccc(F)c3)c2C1. The highest BCUT2D eigenvalue weighted by molar-refractivity contribution is 7.89. The maximum absolute atomic E-state index is 14.0. The summed E-state index contributed by atoms with van der Waals surface area (Å²) in [7, 11) is -3.98. The first kappa shape index (κ1) is 25.0. The van der Waals surface area contributed by atoms with Gasteiger partial charge in [-0.1, -0.05) is 42.5 Å². The Morgan fingerprint density at radius 1 is 0.897 bits per heavy atom. The van der Waals surface area contributed by atoms with Crippen molar-refractivity contribution < 1.29 is 17.5 Å². The first-order valence-electron chi connectivity index (χ1n) is 12.6. The molecule has 0 bridgehead atoms. The molecule has 0 atom stereocenters. The quantitative estimate of drug-likeness (QED) is 0.364. The van der Waals surface area contributed by atoms with Crippen LogP contribution >= 0.6 is 0 Å². The lowest BCUT2D eigenvalue weighted by Gasteiger charge is -2.32. The van der Waals surface area contributed by atoms with Gasteiger partial charge in [0.15, 0.2) is 0 Å². The van der Waals surface area contributed by atoms with Gasteiger partial charge in [0.1, 0.15) is 17.6 Å². The first-order valence-corrected chi connectivity index (χ1v) is 14.0. The van der Waals surface area contributed by atoms with E-state index >= 15 is 0 Å². The van der Waals surface area contributed by atoms with Crippen LogP contribution in [0.3, 0.4) is 0 Å². The van der Waals surface area contributed by atoms with E-state index in [9.17, 15) is 18.1 Å². The van der Waals surface area contributed by atoms with Crippen molar-refractivity contribution in [3.63, 3.8) is 0 Å². The van der Waals surface area contributed by atoms with E-state index in [2.05, 4.69) is 17.0 Å². The van der Waals surface area contributed by atoms with Crippen molar-refractivity contribution in [3.05, 3.63) is 107 Å². The van der Waals surface area contributed by atoms with Crippen molar-refractivity contribution in [2.75, 3.05) is 18.0 Å². The van der Waals surface area contributed by atoms with Gasteiger partial charge >= 0.3 is 0 Å². The highest BCUT2D eigenvalue weighted by Crippen LogP contribution is 2.35. The molecule has 0 amide bonds.